The van der Waals surface area contributed by atoms with Crippen LogP contribution in [0.15, 0.2) is 18.2 Å². The van der Waals surface area contributed by atoms with Gasteiger partial charge in [-0.2, -0.15) is 0 Å². The van der Waals surface area contributed by atoms with Gasteiger partial charge in [-0.3, -0.25) is 4.90 Å². The molecule has 1 saturated carbocycles. The standard InChI is InChI=1S/C15H20FNO/c1-10-5-12(7-13(16)6-10)15(18)8-11(2)17(9-15)14-3-4-14/h5-7,11,14,18H,3-4,8-9H2,1-2H3. The number of aryl methyl sites for hydroxylation is 1. The Morgan fingerprint density at radius 3 is 2.67 bits per heavy atom. The molecule has 1 aromatic carbocycles. The molecule has 2 atom stereocenters. The van der Waals surface area contributed by atoms with Crippen LogP contribution in [0.25, 0.3) is 0 Å². The molecule has 0 radical (unpaired) electrons. The molecule has 0 aromatic heterocycles. The first-order chi connectivity index (χ1) is 8.48. The first-order valence-corrected chi connectivity index (χ1v) is 6.74. The van der Waals surface area contributed by atoms with Crippen LogP contribution in [0.5, 0.6) is 0 Å². The van der Waals surface area contributed by atoms with Gasteiger partial charge in [0, 0.05) is 18.6 Å². The van der Waals surface area contributed by atoms with E-state index in [1.165, 1.54) is 25.0 Å². The summed E-state index contributed by atoms with van der Waals surface area (Å²) < 4.78 is 13.5. The van der Waals surface area contributed by atoms with E-state index in [1.807, 2.05) is 13.0 Å². The average Bonchev–Trinajstić information content (AvgIpc) is 3.04. The largest absolute Gasteiger partial charge is 0.384 e. The van der Waals surface area contributed by atoms with Crippen LogP contribution in [0.3, 0.4) is 0 Å². The molecule has 1 saturated heterocycles. The molecular formula is C15H20FNO. The fourth-order valence-electron chi connectivity index (χ4n) is 3.24. The van der Waals surface area contributed by atoms with Gasteiger partial charge in [-0.15, -0.1) is 0 Å². The molecule has 18 heavy (non-hydrogen) atoms. The van der Waals surface area contributed by atoms with Gasteiger partial charge in [0.2, 0.25) is 0 Å². The van der Waals surface area contributed by atoms with Crippen LogP contribution in [0.1, 0.15) is 37.3 Å². The summed E-state index contributed by atoms with van der Waals surface area (Å²) in [6.07, 6.45) is 3.18. The van der Waals surface area contributed by atoms with Crippen LogP contribution in [-0.2, 0) is 5.60 Å². The molecule has 0 bridgehead atoms. The number of benzene rings is 1. The first kappa shape index (κ1) is 12.1. The molecule has 0 spiro atoms. The number of hydrogen-bond donors (Lipinski definition) is 1. The summed E-state index contributed by atoms with van der Waals surface area (Å²) in [5, 5.41) is 10.8. The van der Waals surface area contributed by atoms with Gasteiger partial charge in [-0.05, 0) is 56.4 Å². The Morgan fingerprint density at radius 1 is 1.33 bits per heavy atom. The predicted octanol–water partition coefficient (Wildman–Crippen LogP) is 2.58. The number of halogens is 1. The molecule has 1 aliphatic carbocycles. The van der Waals surface area contributed by atoms with Crippen molar-refractivity contribution < 1.29 is 9.50 Å². The summed E-state index contributed by atoms with van der Waals surface area (Å²) in [6, 6.07) is 5.92. The van der Waals surface area contributed by atoms with Gasteiger partial charge in [-0.1, -0.05) is 6.07 Å². The fraction of sp³-hybridized carbons (Fsp3) is 0.600. The van der Waals surface area contributed by atoms with Gasteiger partial charge in [0.05, 0.1) is 0 Å². The van der Waals surface area contributed by atoms with E-state index in [0.29, 0.717) is 25.0 Å². The third-order valence-electron chi connectivity index (χ3n) is 4.24. The summed E-state index contributed by atoms with van der Waals surface area (Å²) in [7, 11) is 0. The zero-order valence-electron chi connectivity index (χ0n) is 11.0. The lowest BCUT2D eigenvalue weighted by Gasteiger charge is -2.24. The quantitative estimate of drug-likeness (QED) is 0.871. The highest BCUT2D eigenvalue weighted by atomic mass is 19.1. The second-order valence-electron chi connectivity index (χ2n) is 6.01. The number of nitrogens with zero attached hydrogens (tertiary/aromatic N) is 1. The van der Waals surface area contributed by atoms with E-state index in [1.54, 1.807) is 0 Å². The van der Waals surface area contributed by atoms with Crippen LogP contribution >= 0.6 is 0 Å². The molecule has 1 aromatic rings. The molecule has 3 rings (SSSR count). The molecule has 0 amide bonds. The van der Waals surface area contributed by atoms with E-state index >= 15 is 0 Å². The first-order valence-electron chi connectivity index (χ1n) is 6.74. The smallest absolute Gasteiger partial charge is 0.123 e. The van der Waals surface area contributed by atoms with Gasteiger partial charge >= 0.3 is 0 Å². The maximum absolute atomic E-state index is 13.5. The normalized spacial score (nSPS) is 33.0. The average molecular weight is 249 g/mol. The third-order valence-corrected chi connectivity index (χ3v) is 4.24. The van der Waals surface area contributed by atoms with E-state index in [0.717, 1.165) is 11.1 Å². The lowest BCUT2D eigenvalue weighted by molar-refractivity contribution is 0.0448. The number of aliphatic hydroxyl groups is 1. The minimum absolute atomic E-state index is 0.254. The summed E-state index contributed by atoms with van der Waals surface area (Å²) >= 11 is 0. The van der Waals surface area contributed by atoms with Gasteiger partial charge in [0.25, 0.3) is 0 Å². The molecule has 1 heterocycles. The number of likely N-dealkylation sites (tertiary alicyclic amines) is 1. The Balaban J connectivity index is 1.90. The molecule has 2 nitrogen and oxygen atoms in total. The van der Waals surface area contributed by atoms with Crippen molar-refractivity contribution in [1.29, 1.82) is 0 Å². The second-order valence-corrected chi connectivity index (χ2v) is 6.01. The number of rotatable bonds is 2. The third kappa shape index (κ3) is 2.06. The maximum atomic E-state index is 13.5. The highest BCUT2D eigenvalue weighted by Crippen LogP contribution is 2.41. The van der Waals surface area contributed by atoms with Gasteiger partial charge < -0.3 is 5.11 Å². The maximum Gasteiger partial charge on any atom is 0.123 e. The topological polar surface area (TPSA) is 23.5 Å². The minimum Gasteiger partial charge on any atom is -0.384 e. The Hall–Kier alpha value is -0.930. The lowest BCUT2D eigenvalue weighted by Crippen LogP contribution is -2.33. The zero-order chi connectivity index (χ0) is 12.9. The van der Waals surface area contributed by atoms with Crippen LogP contribution in [-0.4, -0.2) is 28.6 Å². The molecule has 2 fully saturated rings. The highest BCUT2D eigenvalue weighted by molar-refractivity contribution is 5.30. The lowest BCUT2D eigenvalue weighted by atomic mass is 9.90. The van der Waals surface area contributed by atoms with Crippen molar-refractivity contribution in [2.75, 3.05) is 6.54 Å². The summed E-state index contributed by atoms with van der Waals surface area (Å²) in [6.45, 7) is 4.66. The molecule has 3 heteroatoms. The molecule has 1 N–H and O–H groups in total. The molecule has 1 aliphatic heterocycles. The predicted molar refractivity (Wildman–Crippen MR) is 68.8 cm³/mol. The van der Waals surface area contributed by atoms with Gasteiger partial charge in [-0.25, -0.2) is 4.39 Å². The SMILES string of the molecule is Cc1cc(F)cc(C2(O)CC(C)N(C3CC3)C2)c1. The number of β-amino-alcohol motifs (C(OH)–C–C–N with tert-alkyl or cyclic N) is 1. The Labute approximate surface area is 107 Å². The van der Waals surface area contributed by atoms with E-state index in [2.05, 4.69) is 11.8 Å². The van der Waals surface area contributed by atoms with Crippen molar-refractivity contribution in [3.05, 3.63) is 35.1 Å². The molecule has 2 aliphatic rings. The summed E-state index contributed by atoms with van der Waals surface area (Å²) in [5.74, 6) is -0.254. The highest BCUT2D eigenvalue weighted by Gasteiger charge is 2.46. The van der Waals surface area contributed by atoms with E-state index in [4.69, 9.17) is 0 Å². The van der Waals surface area contributed by atoms with Crippen molar-refractivity contribution in [2.24, 2.45) is 0 Å². The Morgan fingerprint density at radius 2 is 2.06 bits per heavy atom. The Bertz CT molecular complexity index is 451. The Kier molecular flexibility index (Phi) is 2.72. The van der Waals surface area contributed by atoms with Crippen LogP contribution in [0, 0.1) is 12.7 Å². The van der Waals surface area contributed by atoms with Crippen molar-refractivity contribution in [3.8, 4) is 0 Å². The van der Waals surface area contributed by atoms with Crippen molar-refractivity contribution in [3.63, 3.8) is 0 Å². The van der Waals surface area contributed by atoms with Gasteiger partial charge in [0.15, 0.2) is 0 Å². The number of hydrogen-bond acceptors (Lipinski definition) is 2. The monoisotopic (exact) mass is 249 g/mol. The second kappa shape index (κ2) is 4.04. The van der Waals surface area contributed by atoms with E-state index < -0.39 is 5.60 Å². The van der Waals surface area contributed by atoms with E-state index in [-0.39, 0.29) is 5.82 Å². The van der Waals surface area contributed by atoms with Crippen LogP contribution in [0.2, 0.25) is 0 Å². The van der Waals surface area contributed by atoms with Crippen molar-refractivity contribution in [2.45, 2.75) is 50.8 Å². The molecule has 98 valence electrons. The van der Waals surface area contributed by atoms with Gasteiger partial charge in [0.1, 0.15) is 11.4 Å². The zero-order valence-corrected chi connectivity index (χ0v) is 11.0. The molecular weight excluding hydrogens is 229 g/mol. The van der Waals surface area contributed by atoms with Crippen molar-refractivity contribution in [1.82, 2.24) is 4.90 Å². The van der Waals surface area contributed by atoms with Crippen LogP contribution in [0.4, 0.5) is 4.39 Å². The minimum atomic E-state index is -0.880. The fourth-order valence-corrected chi connectivity index (χ4v) is 3.24. The van der Waals surface area contributed by atoms with Crippen LogP contribution < -0.4 is 0 Å². The summed E-state index contributed by atoms with van der Waals surface area (Å²) in [5.41, 5.74) is 0.723. The van der Waals surface area contributed by atoms with Crippen molar-refractivity contribution >= 4 is 0 Å². The summed E-state index contributed by atoms with van der Waals surface area (Å²) in [4.78, 5) is 2.38. The van der Waals surface area contributed by atoms with E-state index in [9.17, 15) is 9.50 Å². The molecule has 2 unspecified atom stereocenters.